The van der Waals surface area contributed by atoms with Gasteiger partial charge in [-0.2, -0.15) is 0 Å². The Labute approximate surface area is 150 Å². The van der Waals surface area contributed by atoms with Crippen molar-refractivity contribution in [1.29, 1.82) is 0 Å². The Kier molecular flexibility index (Phi) is 5.63. The van der Waals surface area contributed by atoms with E-state index in [1.807, 2.05) is 24.0 Å². The summed E-state index contributed by atoms with van der Waals surface area (Å²) >= 11 is 0. The van der Waals surface area contributed by atoms with Crippen LogP contribution >= 0.6 is 0 Å². The van der Waals surface area contributed by atoms with Gasteiger partial charge in [-0.15, -0.1) is 0 Å². The Morgan fingerprint density at radius 3 is 2.80 bits per heavy atom. The van der Waals surface area contributed by atoms with Crippen LogP contribution in [0.2, 0.25) is 0 Å². The lowest BCUT2D eigenvalue weighted by molar-refractivity contribution is 0.118. The van der Waals surface area contributed by atoms with Gasteiger partial charge in [-0.25, -0.2) is 4.79 Å². The zero-order valence-corrected chi connectivity index (χ0v) is 15.2. The van der Waals surface area contributed by atoms with Crippen molar-refractivity contribution in [3.05, 3.63) is 42.0 Å². The summed E-state index contributed by atoms with van der Waals surface area (Å²) in [7, 11) is 1.67. The number of benzene rings is 1. The summed E-state index contributed by atoms with van der Waals surface area (Å²) in [6, 6.07) is 8.19. The molecule has 3 unspecified atom stereocenters. The fourth-order valence-corrected chi connectivity index (χ4v) is 3.81. The lowest BCUT2D eigenvalue weighted by atomic mass is 9.97. The first-order valence-electron chi connectivity index (χ1n) is 9.02. The van der Waals surface area contributed by atoms with Gasteiger partial charge in [0, 0.05) is 38.1 Å². The molecule has 1 aromatic rings. The van der Waals surface area contributed by atoms with Crippen molar-refractivity contribution in [2.24, 2.45) is 5.92 Å². The summed E-state index contributed by atoms with van der Waals surface area (Å²) in [5.41, 5.74) is 2.31. The van der Waals surface area contributed by atoms with Gasteiger partial charge in [-0.1, -0.05) is 24.3 Å². The quantitative estimate of drug-likeness (QED) is 0.835. The van der Waals surface area contributed by atoms with E-state index in [0.717, 1.165) is 43.9 Å². The lowest BCUT2D eigenvalue weighted by Crippen LogP contribution is -2.41. The number of methoxy groups -OCH3 is 1. The second kappa shape index (κ2) is 7.91. The van der Waals surface area contributed by atoms with Crippen molar-refractivity contribution in [2.45, 2.75) is 31.8 Å². The minimum Gasteiger partial charge on any atom is -0.497 e. The molecule has 1 N–H and O–H groups in total. The van der Waals surface area contributed by atoms with Gasteiger partial charge >= 0.3 is 6.03 Å². The number of hydrogen-bond acceptors (Lipinski definition) is 3. The normalized spacial score (nSPS) is 25.8. The predicted molar refractivity (Wildman–Crippen MR) is 98.0 cm³/mol. The van der Waals surface area contributed by atoms with Crippen molar-refractivity contribution in [3.8, 4) is 5.75 Å². The van der Waals surface area contributed by atoms with Gasteiger partial charge < -0.3 is 19.7 Å². The lowest BCUT2D eigenvalue weighted by Gasteiger charge is -2.22. The fourth-order valence-electron chi connectivity index (χ4n) is 3.81. The van der Waals surface area contributed by atoms with E-state index in [4.69, 9.17) is 9.47 Å². The molecule has 2 aliphatic heterocycles. The Morgan fingerprint density at radius 2 is 2.12 bits per heavy atom. The molecule has 136 valence electrons. The highest BCUT2D eigenvalue weighted by Gasteiger charge is 2.31. The number of ether oxygens (including phenoxy) is 2. The number of urea groups is 1. The molecule has 3 rings (SSSR count). The molecule has 0 spiro atoms. The Bertz CT molecular complexity index is 614. The van der Waals surface area contributed by atoms with Crippen molar-refractivity contribution < 1.29 is 14.3 Å². The molecule has 2 fully saturated rings. The Balaban J connectivity index is 1.49. The molecule has 0 saturated carbocycles. The third-order valence-corrected chi connectivity index (χ3v) is 5.28. The molecular formula is C20H28N2O3. The third kappa shape index (κ3) is 4.15. The summed E-state index contributed by atoms with van der Waals surface area (Å²) < 4.78 is 10.9. The van der Waals surface area contributed by atoms with Gasteiger partial charge in [0.15, 0.2) is 0 Å². The molecule has 5 nitrogen and oxygen atoms in total. The van der Waals surface area contributed by atoms with Gasteiger partial charge in [-0.05, 0) is 37.5 Å². The van der Waals surface area contributed by atoms with Crippen LogP contribution in [0.15, 0.2) is 36.4 Å². The van der Waals surface area contributed by atoms with Gasteiger partial charge in [0.2, 0.25) is 0 Å². The summed E-state index contributed by atoms with van der Waals surface area (Å²) in [5.74, 6) is 1.60. The summed E-state index contributed by atoms with van der Waals surface area (Å²) in [6.07, 6.45) is 2.05. The van der Waals surface area contributed by atoms with Gasteiger partial charge in [0.1, 0.15) is 5.75 Å². The van der Waals surface area contributed by atoms with Gasteiger partial charge in [-0.3, -0.25) is 0 Å². The van der Waals surface area contributed by atoms with E-state index in [1.165, 1.54) is 5.56 Å². The standard InChI is InChI=1S/C20H28N2O3/c1-14(2)19-16(9-11-25-19)12-21-20(23)22-10-8-17(13-22)15-4-6-18(24-3)7-5-15/h4-7,16-17,19H,1,8-13H2,2-3H3,(H,21,23). The minimum atomic E-state index is 0.0309. The molecule has 2 heterocycles. The molecule has 2 amide bonds. The second-order valence-corrected chi connectivity index (χ2v) is 7.08. The first-order valence-corrected chi connectivity index (χ1v) is 9.02. The number of amides is 2. The number of likely N-dealkylation sites (tertiary alicyclic amines) is 1. The molecule has 0 aliphatic carbocycles. The molecule has 0 bridgehead atoms. The average Bonchev–Trinajstić information content (AvgIpc) is 3.29. The van der Waals surface area contributed by atoms with E-state index >= 15 is 0 Å². The zero-order chi connectivity index (χ0) is 17.8. The van der Waals surface area contributed by atoms with Crippen LogP contribution < -0.4 is 10.1 Å². The molecule has 0 radical (unpaired) electrons. The second-order valence-electron chi connectivity index (χ2n) is 7.08. The molecule has 3 atom stereocenters. The third-order valence-electron chi connectivity index (χ3n) is 5.28. The zero-order valence-electron chi connectivity index (χ0n) is 15.2. The summed E-state index contributed by atoms with van der Waals surface area (Å²) in [4.78, 5) is 14.4. The number of hydrogen-bond donors (Lipinski definition) is 1. The van der Waals surface area contributed by atoms with Crippen LogP contribution in [0.4, 0.5) is 4.79 Å². The van der Waals surface area contributed by atoms with Crippen LogP contribution in [-0.2, 0) is 4.74 Å². The Morgan fingerprint density at radius 1 is 1.36 bits per heavy atom. The maximum absolute atomic E-state index is 12.5. The van der Waals surface area contributed by atoms with Crippen LogP contribution in [0.5, 0.6) is 5.75 Å². The monoisotopic (exact) mass is 344 g/mol. The minimum absolute atomic E-state index is 0.0309. The van der Waals surface area contributed by atoms with E-state index in [0.29, 0.717) is 18.4 Å². The molecule has 2 aliphatic rings. The van der Waals surface area contributed by atoms with E-state index in [-0.39, 0.29) is 12.1 Å². The number of carbonyl (C=O) groups excluding carboxylic acids is 1. The van der Waals surface area contributed by atoms with Crippen LogP contribution in [0.25, 0.3) is 0 Å². The van der Waals surface area contributed by atoms with Crippen molar-refractivity contribution >= 4 is 6.03 Å². The maximum atomic E-state index is 12.5. The molecule has 1 aromatic carbocycles. The number of nitrogens with one attached hydrogen (secondary N) is 1. The van der Waals surface area contributed by atoms with Crippen molar-refractivity contribution in [3.63, 3.8) is 0 Å². The molecule has 5 heteroatoms. The van der Waals surface area contributed by atoms with Crippen LogP contribution in [0, 0.1) is 5.92 Å². The number of nitrogens with zero attached hydrogens (tertiary/aromatic N) is 1. The molecule has 0 aromatic heterocycles. The van der Waals surface area contributed by atoms with Crippen LogP contribution in [-0.4, -0.2) is 50.4 Å². The van der Waals surface area contributed by atoms with Crippen LogP contribution in [0.3, 0.4) is 0 Å². The first kappa shape index (κ1) is 17.8. The molecule has 25 heavy (non-hydrogen) atoms. The summed E-state index contributed by atoms with van der Waals surface area (Å²) in [5, 5.41) is 3.09. The van der Waals surface area contributed by atoms with E-state index < -0.39 is 0 Å². The summed E-state index contributed by atoms with van der Waals surface area (Å²) in [6.45, 7) is 8.95. The number of carbonyl (C=O) groups is 1. The predicted octanol–water partition coefficient (Wildman–Crippen LogP) is 3.18. The fraction of sp³-hybridized carbons (Fsp3) is 0.550. The van der Waals surface area contributed by atoms with Gasteiger partial charge in [0.25, 0.3) is 0 Å². The van der Waals surface area contributed by atoms with E-state index in [9.17, 15) is 4.79 Å². The van der Waals surface area contributed by atoms with Crippen molar-refractivity contribution in [2.75, 3.05) is 33.4 Å². The van der Waals surface area contributed by atoms with Crippen LogP contribution in [0.1, 0.15) is 31.2 Å². The maximum Gasteiger partial charge on any atom is 0.317 e. The van der Waals surface area contributed by atoms with E-state index in [1.54, 1.807) is 7.11 Å². The first-order chi connectivity index (χ1) is 12.1. The van der Waals surface area contributed by atoms with Crippen molar-refractivity contribution in [1.82, 2.24) is 10.2 Å². The van der Waals surface area contributed by atoms with Gasteiger partial charge in [0.05, 0.1) is 13.2 Å². The highest BCUT2D eigenvalue weighted by atomic mass is 16.5. The molecular weight excluding hydrogens is 316 g/mol. The average molecular weight is 344 g/mol. The molecule has 2 saturated heterocycles. The SMILES string of the molecule is C=C(C)C1OCCC1CNC(=O)N1CCC(c2ccc(OC)cc2)C1. The highest BCUT2D eigenvalue weighted by Crippen LogP contribution is 2.29. The topological polar surface area (TPSA) is 50.8 Å². The largest absolute Gasteiger partial charge is 0.497 e. The smallest absolute Gasteiger partial charge is 0.317 e. The number of rotatable bonds is 5. The Hall–Kier alpha value is -2.01. The highest BCUT2D eigenvalue weighted by molar-refractivity contribution is 5.74. The van der Waals surface area contributed by atoms with E-state index in [2.05, 4.69) is 24.0 Å².